The molecule has 31 heavy (non-hydrogen) atoms. The van der Waals surface area contributed by atoms with Crippen LogP contribution in [0.4, 0.5) is 5.82 Å². The van der Waals surface area contributed by atoms with Gasteiger partial charge in [-0.25, -0.2) is 14.6 Å². The molecule has 0 radical (unpaired) electrons. The molecule has 4 rings (SSSR count). The minimum Gasteiger partial charge on any atom is -0.307 e. The van der Waals surface area contributed by atoms with Crippen LogP contribution >= 0.6 is 0 Å². The summed E-state index contributed by atoms with van der Waals surface area (Å²) in [5, 5.41) is 11.8. The summed E-state index contributed by atoms with van der Waals surface area (Å²) in [7, 11) is 0. The summed E-state index contributed by atoms with van der Waals surface area (Å²) in [6.45, 7) is 6.17. The monoisotopic (exact) mass is 413 g/mol. The number of nitrogens with zero attached hydrogens (tertiary/aromatic N) is 6. The molecule has 3 heterocycles. The van der Waals surface area contributed by atoms with Crippen molar-refractivity contribution in [3.63, 3.8) is 0 Å². The molecule has 0 bridgehead atoms. The van der Waals surface area contributed by atoms with E-state index in [-0.39, 0.29) is 11.3 Å². The highest BCUT2D eigenvalue weighted by Gasteiger charge is 2.22. The summed E-state index contributed by atoms with van der Waals surface area (Å²) in [6, 6.07) is 13.4. The Balaban J connectivity index is 1.53. The zero-order valence-corrected chi connectivity index (χ0v) is 17.6. The average molecular weight is 413 g/mol. The van der Waals surface area contributed by atoms with Gasteiger partial charge < -0.3 is 5.32 Å². The molecule has 0 atom stereocenters. The van der Waals surface area contributed by atoms with Gasteiger partial charge in [0, 0.05) is 41.7 Å². The van der Waals surface area contributed by atoms with E-state index in [4.69, 9.17) is 0 Å². The normalized spacial score (nSPS) is 11.7. The van der Waals surface area contributed by atoms with Crippen LogP contribution in [0.2, 0.25) is 0 Å². The molecular formula is C23H23N7O. The van der Waals surface area contributed by atoms with Crippen LogP contribution < -0.4 is 5.32 Å². The molecule has 1 amide bonds. The van der Waals surface area contributed by atoms with Gasteiger partial charge in [-0.2, -0.15) is 14.9 Å². The lowest BCUT2D eigenvalue weighted by molar-refractivity contribution is -0.111. The number of para-hydroxylation sites is 1. The first-order valence-corrected chi connectivity index (χ1v) is 9.87. The van der Waals surface area contributed by atoms with Crippen molar-refractivity contribution >= 4 is 17.8 Å². The molecule has 3 aromatic heterocycles. The van der Waals surface area contributed by atoms with Crippen molar-refractivity contribution in [3.05, 3.63) is 84.6 Å². The van der Waals surface area contributed by atoms with Crippen molar-refractivity contribution in [3.8, 4) is 11.6 Å². The Morgan fingerprint density at radius 3 is 2.52 bits per heavy atom. The van der Waals surface area contributed by atoms with Crippen molar-refractivity contribution in [1.29, 1.82) is 0 Å². The molecule has 0 spiro atoms. The number of aromatic nitrogens is 6. The molecule has 8 nitrogen and oxygen atoms in total. The minimum absolute atomic E-state index is 0.193. The third kappa shape index (κ3) is 4.75. The molecule has 0 fully saturated rings. The fourth-order valence-corrected chi connectivity index (χ4v) is 2.87. The van der Waals surface area contributed by atoms with Crippen LogP contribution in [0.5, 0.6) is 0 Å². The van der Waals surface area contributed by atoms with Crippen LogP contribution in [-0.4, -0.2) is 35.4 Å². The summed E-state index contributed by atoms with van der Waals surface area (Å²) in [5.74, 6) is 0.608. The number of carbonyl (C=O) groups excluding carboxylic acids is 1. The van der Waals surface area contributed by atoms with Gasteiger partial charge in [0.05, 0.1) is 17.6 Å². The van der Waals surface area contributed by atoms with E-state index in [1.807, 2.05) is 42.6 Å². The average Bonchev–Trinajstić information content (AvgIpc) is 3.41. The van der Waals surface area contributed by atoms with Crippen LogP contribution in [0.25, 0.3) is 17.7 Å². The van der Waals surface area contributed by atoms with Crippen molar-refractivity contribution in [2.75, 3.05) is 5.32 Å². The smallest absolute Gasteiger partial charge is 0.252 e. The number of anilines is 1. The second kappa shape index (κ2) is 8.35. The number of hydrogen-bond donors (Lipinski definition) is 1. The largest absolute Gasteiger partial charge is 0.307 e. The molecular weight excluding hydrogens is 390 g/mol. The summed E-state index contributed by atoms with van der Waals surface area (Å²) < 4.78 is 3.30. The van der Waals surface area contributed by atoms with E-state index >= 15 is 0 Å². The Morgan fingerprint density at radius 1 is 1.06 bits per heavy atom. The second-order valence-electron chi connectivity index (χ2n) is 8.00. The highest BCUT2D eigenvalue weighted by Crippen LogP contribution is 2.25. The minimum atomic E-state index is -0.287. The predicted molar refractivity (Wildman–Crippen MR) is 119 cm³/mol. The lowest BCUT2D eigenvalue weighted by atomic mass is 9.92. The number of amides is 1. The van der Waals surface area contributed by atoms with Gasteiger partial charge >= 0.3 is 0 Å². The quantitative estimate of drug-likeness (QED) is 0.503. The maximum Gasteiger partial charge on any atom is 0.252 e. The summed E-state index contributed by atoms with van der Waals surface area (Å²) in [4.78, 5) is 21.1. The van der Waals surface area contributed by atoms with Gasteiger partial charge in [-0.15, -0.1) is 0 Å². The van der Waals surface area contributed by atoms with Crippen molar-refractivity contribution in [2.24, 2.45) is 0 Å². The van der Waals surface area contributed by atoms with Crippen LogP contribution in [0.3, 0.4) is 0 Å². The van der Waals surface area contributed by atoms with Crippen molar-refractivity contribution < 1.29 is 4.79 Å². The SMILES string of the molecule is CC(C)(C)c1cc(NC(=O)/C=C/c2cnn(-c3ccccc3)c2)n(-c2ncccn2)n1. The Labute approximate surface area is 180 Å². The zero-order chi connectivity index (χ0) is 21.8. The number of nitrogens with one attached hydrogen (secondary N) is 1. The lowest BCUT2D eigenvalue weighted by Crippen LogP contribution is -2.14. The second-order valence-corrected chi connectivity index (χ2v) is 8.00. The Hall–Kier alpha value is -4.07. The highest BCUT2D eigenvalue weighted by atomic mass is 16.1. The van der Waals surface area contributed by atoms with E-state index in [1.165, 1.54) is 6.08 Å². The van der Waals surface area contributed by atoms with E-state index in [0.29, 0.717) is 11.8 Å². The van der Waals surface area contributed by atoms with Crippen LogP contribution in [0, 0.1) is 0 Å². The van der Waals surface area contributed by atoms with Gasteiger partial charge in [-0.1, -0.05) is 39.0 Å². The van der Waals surface area contributed by atoms with Crippen LogP contribution in [-0.2, 0) is 10.2 Å². The molecule has 8 heteroatoms. The summed E-state index contributed by atoms with van der Waals surface area (Å²) in [6.07, 6.45) is 10.0. The maximum atomic E-state index is 12.6. The fraction of sp³-hybridized carbons (Fsp3) is 0.174. The van der Waals surface area contributed by atoms with Gasteiger partial charge in [0.1, 0.15) is 5.82 Å². The number of benzene rings is 1. The molecule has 0 aliphatic heterocycles. The first-order chi connectivity index (χ1) is 14.9. The molecule has 0 aliphatic carbocycles. The van der Waals surface area contributed by atoms with E-state index in [0.717, 1.165) is 16.9 Å². The van der Waals surface area contributed by atoms with Crippen LogP contribution in [0.15, 0.2) is 73.3 Å². The van der Waals surface area contributed by atoms with Gasteiger partial charge in [0.25, 0.3) is 5.95 Å². The molecule has 1 aromatic carbocycles. The van der Waals surface area contributed by atoms with Gasteiger partial charge in [0.15, 0.2) is 0 Å². The standard InChI is InChI=1S/C23H23N7O/c1-23(2,3)19-14-20(30(28-19)22-24-12-7-13-25-22)27-21(31)11-10-17-15-26-29(16-17)18-8-5-4-6-9-18/h4-16H,1-3H3,(H,27,31)/b11-10+. The topological polar surface area (TPSA) is 90.5 Å². The Kier molecular flexibility index (Phi) is 5.44. The van der Waals surface area contributed by atoms with Gasteiger partial charge in [-0.05, 0) is 24.3 Å². The lowest BCUT2D eigenvalue weighted by Gasteiger charge is -2.13. The highest BCUT2D eigenvalue weighted by molar-refractivity contribution is 6.01. The summed E-state index contributed by atoms with van der Waals surface area (Å²) in [5.41, 5.74) is 2.40. The Morgan fingerprint density at radius 2 is 1.81 bits per heavy atom. The van der Waals surface area contributed by atoms with E-state index in [2.05, 4.69) is 46.3 Å². The zero-order valence-electron chi connectivity index (χ0n) is 17.6. The van der Waals surface area contributed by atoms with E-state index in [9.17, 15) is 4.79 Å². The first-order valence-electron chi connectivity index (χ1n) is 9.87. The summed E-state index contributed by atoms with van der Waals surface area (Å²) >= 11 is 0. The molecule has 0 aliphatic rings. The molecule has 0 saturated heterocycles. The van der Waals surface area contributed by atoms with Crippen LogP contribution in [0.1, 0.15) is 32.0 Å². The van der Waals surface area contributed by atoms with E-state index in [1.54, 1.807) is 40.1 Å². The van der Waals surface area contributed by atoms with Gasteiger partial charge in [0.2, 0.25) is 5.91 Å². The fourth-order valence-electron chi connectivity index (χ4n) is 2.87. The van der Waals surface area contributed by atoms with Crippen molar-refractivity contribution in [1.82, 2.24) is 29.5 Å². The molecule has 156 valence electrons. The third-order valence-electron chi connectivity index (χ3n) is 4.52. The molecule has 0 saturated carbocycles. The van der Waals surface area contributed by atoms with Crippen molar-refractivity contribution in [2.45, 2.75) is 26.2 Å². The Bertz CT molecular complexity index is 1200. The number of rotatable bonds is 5. The number of hydrogen-bond acceptors (Lipinski definition) is 5. The molecule has 4 aromatic rings. The van der Waals surface area contributed by atoms with E-state index < -0.39 is 0 Å². The first kappa shape index (κ1) is 20.2. The predicted octanol–water partition coefficient (Wildman–Crippen LogP) is 3.80. The number of carbonyl (C=O) groups is 1. The third-order valence-corrected chi connectivity index (χ3v) is 4.52. The maximum absolute atomic E-state index is 12.6. The van der Waals surface area contributed by atoms with Gasteiger partial charge in [-0.3, -0.25) is 4.79 Å². The molecule has 0 unspecified atom stereocenters. The molecule has 1 N–H and O–H groups in total.